The molecule has 0 unspecified atom stereocenters. The third-order valence-corrected chi connectivity index (χ3v) is 2.20. The molecule has 0 bridgehead atoms. The summed E-state index contributed by atoms with van der Waals surface area (Å²) < 4.78 is 0. The first kappa shape index (κ1) is 12.3. The molecule has 3 nitrogen and oxygen atoms in total. The minimum atomic E-state index is -0.188. The molecule has 1 aromatic carbocycles. The fourth-order valence-electron chi connectivity index (χ4n) is 1.27. The van der Waals surface area contributed by atoms with Gasteiger partial charge in [0.25, 0.3) is 0 Å². The molecule has 0 atom stereocenters. The van der Waals surface area contributed by atoms with Crippen LogP contribution in [0, 0.1) is 0 Å². The summed E-state index contributed by atoms with van der Waals surface area (Å²) in [6.07, 6.45) is 3.60. The molecular weight excluding hydrogens is 200 g/mol. The summed E-state index contributed by atoms with van der Waals surface area (Å²) >= 11 is 0. The highest BCUT2D eigenvalue weighted by atomic mass is 16.1. The molecule has 0 aromatic heterocycles. The van der Waals surface area contributed by atoms with Crippen LogP contribution in [-0.2, 0) is 4.79 Å². The Morgan fingerprint density at radius 2 is 1.94 bits per heavy atom. The molecule has 86 valence electrons. The summed E-state index contributed by atoms with van der Waals surface area (Å²) in [5.74, 6) is -0.188. The Bertz CT molecular complexity index is 343. The van der Waals surface area contributed by atoms with Crippen LogP contribution in [-0.4, -0.2) is 12.5 Å². The maximum Gasteiger partial charge on any atom is 0.247 e. The molecular formula is C13H18N2O. The lowest BCUT2D eigenvalue weighted by molar-refractivity contribution is -0.111. The molecule has 1 amide bonds. The molecule has 2 N–H and O–H groups in total. The van der Waals surface area contributed by atoms with E-state index in [1.807, 2.05) is 24.3 Å². The van der Waals surface area contributed by atoms with Crippen molar-refractivity contribution in [1.29, 1.82) is 0 Å². The van der Waals surface area contributed by atoms with Crippen LogP contribution in [0.25, 0.3) is 0 Å². The molecule has 0 aliphatic carbocycles. The van der Waals surface area contributed by atoms with Crippen LogP contribution in [0.15, 0.2) is 36.9 Å². The average molecular weight is 218 g/mol. The summed E-state index contributed by atoms with van der Waals surface area (Å²) in [5.41, 5.74) is 1.86. The number of rotatable bonds is 6. The summed E-state index contributed by atoms with van der Waals surface area (Å²) in [4.78, 5) is 11.0. The van der Waals surface area contributed by atoms with Gasteiger partial charge in [-0.2, -0.15) is 0 Å². The lowest BCUT2D eigenvalue weighted by Crippen LogP contribution is -2.07. The molecule has 0 saturated heterocycles. The Morgan fingerprint density at radius 3 is 2.50 bits per heavy atom. The van der Waals surface area contributed by atoms with Gasteiger partial charge in [0.15, 0.2) is 0 Å². The minimum Gasteiger partial charge on any atom is -0.385 e. The van der Waals surface area contributed by atoms with Gasteiger partial charge in [0.2, 0.25) is 5.91 Å². The van der Waals surface area contributed by atoms with E-state index in [9.17, 15) is 4.79 Å². The number of anilines is 2. The maximum atomic E-state index is 11.0. The number of benzene rings is 1. The molecule has 0 fully saturated rings. The molecule has 1 rings (SSSR count). The molecule has 0 aliphatic heterocycles. The van der Waals surface area contributed by atoms with E-state index in [0.717, 1.165) is 24.3 Å². The fourth-order valence-corrected chi connectivity index (χ4v) is 1.27. The standard InChI is InChI=1S/C13H18N2O/c1-3-5-10-14-11-6-8-12(9-7-11)15-13(16)4-2/h4,6-9,14H,2-3,5,10H2,1H3,(H,15,16). The van der Waals surface area contributed by atoms with E-state index in [1.54, 1.807) is 0 Å². The van der Waals surface area contributed by atoms with E-state index in [0.29, 0.717) is 0 Å². The molecule has 0 spiro atoms. The number of carbonyl (C=O) groups is 1. The number of carbonyl (C=O) groups excluding carboxylic acids is 1. The van der Waals surface area contributed by atoms with Crippen molar-refractivity contribution in [2.45, 2.75) is 19.8 Å². The number of hydrogen-bond acceptors (Lipinski definition) is 2. The molecule has 0 heterocycles. The van der Waals surface area contributed by atoms with Gasteiger partial charge in [-0.15, -0.1) is 0 Å². The fraction of sp³-hybridized carbons (Fsp3) is 0.308. The van der Waals surface area contributed by atoms with Gasteiger partial charge >= 0.3 is 0 Å². The first-order chi connectivity index (χ1) is 7.76. The van der Waals surface area contributed by atoms with Gasteiger partial charge in [-0.05, 0) is 36.8 Å². The molecule has 0 saturated carbocycles. The highest BCUT2D eigenvalue weighted by Gasteiger charge is 1.96. The lowest BCUT2D eigenvalue weighted by Gasteiger charge is -2.07. The SMILES string of the molecule is C=CC(=O)Nc1ccc(NCCCC)cc1. The largest absolute Gasteiger partial charge is 0.385 e. The third kappa shape index (κ3) is 4.17. The van der Waals surface area contributed by atoms with E-state index in [2.05, 4.69) is 24.1 Å². The second kappa shape index (κ2) is 6.67. The Hall–Kier alpha value is -1.77. The monoisotopic (exact) mass is 218 g/mol. The summed E-state index contributed by atoms with van der Waals surface area (Å²) in [6, 6.07) is 7.65. The maximum absolute atomic E-state index is 11.0. The molecule has 0 radical (unpaired) electrons. The van der Waals surface area contributed by atoms with Crippen molar-refractivity contribution in [2.75, 3.05) is 17.2 Å². The zero-order chi connectivity index (χ0) is 11.8. The zero-order valence-corrected chi connectivity index (χ0v) is 9.62. The van der Waals surface area contributed by atoms with Crippen molar-refractivity contribution in [3.8, 4) is 0 Å². The van der Waals surface area contributed by atoms with Crippen molar-refractivity contribution in [2.24, 2.45) is 0 Å². The third-order valence-electron chi connectivity index (χ3n) is 2.20. The van der Waals surface area contributed by atoms with Gasteiger partial charge < -0.3 is 10.6 Å². The normalized spacial score (nSPS) is 9.56. The van der Waals surface area contributed by atoms with Crippen molar-refractivity contribution >= 4 is 17.3 Å². The second-order valence-electron chi connectivity index (χ2n) is 3.55. The highest BCUT2D eigenvalue weighted by molar-refractivity contribution is 5.98. The van der Waals surface area contributed by atoms with Crippen LogP contribution < -0.4 is 10.6 Å². The minimum absolute atomic E-state index is 0.188. The van der Waals surface area contributed by atoms with E-state index in [-0.39, 0.29) is 5.91 Å². The van der Waals surface area contributed by atoms with Gasteiger partial charge in [-0.25, -0.2) is 0 Å². The van der Waals surface area contributed by atoms with Crippen molar-refractivity contribution in [3.63, 3.8) is 0 Å². The smallest absolute Gasteiger partial charge is 0.247 e. The number of hydrogen-bond donors (Lipinski definition) is 2. The predicted molar refractivity (Wildman–Crippen MR) is 68.7 cm³/mol. The van der Waals surface area contributed by atoms with Crippen molar-refractivity contribution < 1.29 is 4.79 Å². The van der Waals surface area contributed by atoms with Crippen molar-refractivity contribution in [3.05, 3.63) is 36.9 Å². The summed E-state index contributed by atoms with van der Waals surface area (Å²) in [7, 11) is 0. The van der Waals surface area contributed by atoms with Gasteiger partial charge in [0.1, 0.15) is 0 Å². The van der Waals surface area contributed by atoms with Crippen molar-refractivity contribution in [1.82, 2.24) is 0 Å². The van der Waals surface area contributed by atoms with Crippen LogP contribution in [0.5, 0.6) is 0 Å². The van der Waals surface area contributed by atoms with E-state index in [1.165, 1.54) is 12.5 Å². The van der Waals surface area contributed by atoms with Gasteiger partial charge in [0.05, 0.1) is 0 Å². The van der Waals surface area contributed by atoms with Gasteiger partial charge in [-0.1, -0.05) is 19.9 Å². The van der Waals surface area contributed by atoms with Crippen LogP contribution in [0.3, 0.4) is 0 Å². The highest BCUT2D eigenvalue weighted by Crippen LogP contribution is 2.13. The Balaban J connectivity index is 2.47. The number of amides is 1. The van der Waals surface area contributed by atoms with E-state index >= 15 is 0 Å². The Labute approximate surface area is 96.6 Å². The average Bonchev–Trinajstić information content (AvgIpc) is 2.31. The Kier molecular flexibility index (Phi) is 5.12. The quantitative estimate of drug-likeness (QED) is 0.569. The predicted octanol–water partition coefficient (Wildman–Crippen LogP) is 3.02. The molecule has 0 aliphatic rings. The molecule has 1 aromatic rings. The lowest BCUT2D eigenvalue weighted by atomic mass is 10.2. The number of nitrogens with one attached hydrogen (secondary N) is 2. The number of unbranched alkanes of at least 4 members (excludes halogenated alkanes) is 1. The molecule has 16 heavy (non-hydrogen) atoms. The van der Waals surface area contributed by atoms with Crippen LogP contribution in [0.2, 0.25) is 0 Å². The van der Waals surface area contributed by atoms with Crippen LogP contribution in [0.4, 0.5) is 11.4 Å². The van der Waals surface area contributed by atoms with Gasteiger partial charge in [0, 0.05) is 17.9 Å². The first-order valence-corrected chi connectivity index (χ1v) is 5.53. The first-order valence-electron chi connectivity index (χ1n) is 5.53. The van der Waals surface area contributed by atoms with E-state index < -0.39 is 0 Å². The zero-order valence-electron chi connectivity index (χ0n) is 9.62. The van der Waals surface area contributed by atoms with E-state index in [4.69, 9.17) is 0 Å². The topological polar surface area (TPSA) is 41.1 Å². The van der Waals surface area contributed by atoms with Gasteiger partial charge in [-0.3, -0.25) is 4.79 Å². The van der Waals surface area contributed by atoms with Crippen LogP contribution >= 0.6 is 0 Å². The second-order valence-corrected chi connectivity index (χ2v) is 3.55. The molecule has 3 heteroatoms. The summed E-state index contributed by atoms with van der Waals surface area (Å²) in [6.45, 7) is 6.54. The summed E-state index contributed by atoms with van der Waals surface area (Å²) in [5, 5.41) is 6.01. The Morgan fingerprint density at radius 1 is 1.31 bits per heavy atom. The van der Waals surface area contributed by atoms with Crippen LogP contribution in [0.1, 0.15) is 19.8 Å².